The van der Waals surface area contributed by atoms with Gasteiger partial charge >= 0.3 is 0 Å². The highest BCUT2D eigenvalue weighted by Crippen LogP contribution is 2.22. The quantitative estimate of drug-likeness (QED) is 0.710. The van der Waals surface area contributed by atoms with Crippen molar-refractivity contribution in [1.82, 2.24) is 5.32 Å². The Balaban J connectivity index is 2.31. The van der Waals surface area contributed by atoms with Crippen molar-refractivity contribution in [2.45, 2.75) is 32.6 Å². The van der Waals surface area contributed by atoms with E-state index in [-0.39, 0.29) is 11.8 Å². The lowest BCUT2D eigenvalue weighted by molar-refractivity contribution is -0.125. The van der Waals surface area contributed by atoms with Gasteiger partial charge in [0.15, 0.2) is 0 Å². The fraction of sp³-hybridized carbons (Fsp3) is 0.917. The van der Waals surface area contributed by atoms with Gasteiger partial charge in [-0.3, -0.25) is 4.79 Å². The van der Waals surface area contributed by atoms with E-state index in [9.17, 15) is 4.79 Å². The van der Waals surface area contributed by atoms with Crippen LogP contribution in [0, 0.1) is 11.8 Å². The molecular formula is C12H24N2O2. The summed E-state index contributed by atoms with van der Waals surface area (Å²) in [6.07, 6.45) is 4.02. The van der Waals surface area contributed by atoms with Crippen LogP contribution in [0.3, 0.4) is 0 Å². The summed E-state index contributed by atoms with van der Waals surface area (Å²) < 4.78 is 5.31. The maximum absolute atomic E-state index is 11.8. The zero-order valence-electron chi connectivity index (χ0n) is 10.2. The Morgan fingerprint density at radius 2 is 2.19 bits per heavy atom. The van der Waals surface area contributed by atoms with Crippen molar-refractivity contribution in [3.8, 4) is 0 Å². The first-order chi connectivity index (χ1) is 7.77. The molecule has 0 aromatic rings. The van der Waals surface area contributed by atoms with Crippen molar-refractivity contribution in [2.75, 3.05) is 26.3 Å². The van der Waals surface area contributed by atoms with E-state index in [0.717, 1.165) is 45.4 Å². The molecule has 1 saturated heterocycles. The summed E-state index contributed by atoms with van der Waals surface area (Å²) in [6, 6.07) is 0. The lowest BCUT2D eigenvalue weighted by atomic mass is 9.88. The summed E-state index contributed by atoms with van der Waals surface area (Å²) in [7, 11) is 0. The van der Waals surface area contributed by atoms with Gasteiger partial charge in [-0.2, -0.15) is 0 Å². The van der Waals surface area contributed by atoms with E-state index in [0.29, 0.717) is 12.5 Å². The molecule has 94 valence electrons. The standard InChI is InChI=1S/C12H24N2O2/c1-2-5-14-12(15)11(9-13)8-10-3-6-16-7-4-10/h10-11H,2-9,13H2,1H3,(H,14,15). The van der Waals surface area contributed by atoms with Crippen LogP contribution in [0.1, 0.15) is 32.6 Å². The van der Waals surface area contributed by atoms with E-state index in [4.69, 9.17) is 10.5 Å². The number of nitrogens with two attached hydrogens (primary N) is 1. The highest BCUT2D eigenvalue weighted by atomic mass is 16.5. The average Bonchev–Trinajstić information content (AvgIpc) is 2.34. The van der Waals surface area contributed by atoms with Gasteiger partial charge in [0.1, 0.15) is 0 Å². The molecule has 0 radical (unpaired) electrons. The third kappa shape index (κ3) is 4.49. The zero-order chi connectivity index (χ0) is 11.8. The first-order valence-corrected chi connectivity index (χ1v) is 6.33. The molecule has 0 bridgehead atoms. The highest BCUT2D eigenvalue weighted by Gasteiger charge is 2.23. The second-order valence-corrected chi connectivity index (χ2v) is 4.52. The van der Waals surface area contributed by atoms with Crippen molar-refractivity contribution >= 4 is 5.91 Å². The van der Waals surface area contributed by atoms with Crippen LogP contribution in [0.2, 0.25) is 0 Å². The van der Waals surface area contributed by atoms with Crippen LogP contribution < -0.4 is 11.1 Å². The monoisotopic (exact) mass is 228 g/mol. The molecular weight excluding hydrogens is 204 g/mol. The fourth-order valence-corrected chi connectivity index (χ4v) is 2.09. The predicted octanol–water partition coefficient (Wildman–Crippen LogP) is 0.904. The number of hydrogen-bond donors (Lipinski definition) is 2. The van der Waals surface area contributed by atoms with Crippen molar-refractivity contribution in [3.05, 3.63) is 0 Å². The van der Waals surface area contributed by atoms with Gasteiger partial charge in [-0.25, -0.2) is 0 Å². The SMILES string of the molecule is CCCNC(=O)C(CN)CC1CCOCC1. The summed E-state index contributed by atoms with van der Waals surface area (Å²) in [5.41, 5.74) is 5.67. The van der Waals surface area contributed by atoms with Gasteiger partial charge in [0.25, 0.3) is 0 Å². The van der Waals surface area contributed by atoms with E-state index in [2.05, 4.69) is 12.2 Å². The van der Waals surface area contributed by atoms with E-state index in [1.165, 1.54) is 0 Å². The van der Waals surface area contributed by atoms with Gasteiger partial charge in [-0.1, -0.05) is 6.92 Å². The zero-order valence-corrected chi connectivity index (χ0v) is 10.2. The maximum atomic E-state index is 11.8. The smallest absolute Gasteiger partial charge is 0.224 e. The molecule has 1 atom stereocenters. The molecule has 1 aliphatic heterocycles. The normalized spacial score (nSPS) is 19.4. The van der Waals surface area contributed by atoms with Crippen LogP contribution in [0.15, 0.2) is 0 Å². The van der Waals surface area contributed by atoms with Gasteiger partial charge in [0, 0.05) is 26.3 Å². The molecule has 0 spiro atoms. The van der Waals surface area contributed by atoms with Gasteiger partial charge in [-0.05, 0) is 31.6 Å². The van der Waals surface area contributed by atoms with Crippen molar-refractivity contribution in [1.29, 1.82) is 0 Å². The molecule has 1 heterocycles. The number of nitrogens with one attached hydrogen (secondary N) is 1. The van der Waals surface area contributed by atoms with Crippen molar-refractivity contribution in [3.63, 3.8) is 0 Å². The van der Waals surface area contributed by atoms with Crippen LogP contribution in [-0.4, -0.2) is 32.2 Å². The highest BCUT2D eigenvalue weighted by molar-refractivity contribution is 5.78. The number of ether oxygens (including phenoxy) is 1. The molecule has 1 rings (SSSR count). The number of carbonyl (C=O) groups excluding carboxylic acids is 1. The number of amides is 1. The minimum atomic E-state index is -0.0188. The van der Waals surface area contributed by atoms with E-state index < -0.39 is 0 Å². The Labute approximate surface area is 97.9 Å². The Hall–Kier alpha value is -0.610. The minimum absolute atomic E-state index is 0.0188. The van der Waals surface area contributed by atoms with Crippen molar-refractivity contribution < 1.29 is 9.53 Å². The average molecular weight is 228 g/mol. The van der Waals surface area contributed by atoms with Crippen LogP contribution in [0.4, 0.5) is 0 Å². The Morgan fingerprint density at radius 3 is 2.75 bits per heavy atom. The summed E-state index contributed by atoms with van der Waals surface area (Å²) in [5.74, 6) is 0.708. The summed E-state index contributed by atoms with van der Waals surface area (Å²) >= 11 is 0. The van der Waals surface area contributed by atoms with E-state index in [1.54, 1.807) is 0 Å². The number of carbonyl (C=O) groups is 1. The van der Waals surface area contributed by atoms with Crippen LogP contribution in [0.25, 0.3) is 0 Å². The van der Waals surface area contributed by atoms with Crippen LogP contribution in [-0.2, 0) is 9.53 Å². The second-order valence-electron chi connectivity index (χ2n) is 4.52. The molecule has 4 heteroatoms. The summed E-state index contributed by atoms with van der Waals surface area (Å²) in [6.45, 7) is 4.92. The molecule has 1 aliphatic rings. The van der Waals surface area contributed by atoms with Gasteiger partial charge in [0.05, 0.1) is 5.92 Å². The first kappa shape index (κ1) is 13.5. The first-order valence-electron chi connectivity index (χ1n) is 6.33. The summed E-state index contributed by atoms with van der Waals surface area (Å²) in [4.78, 5) is 11.8. The molecule has 0 saturated carbocycles. The predicted molar refractivity (Wildman–Crippen MR) is 64.0 cm³/mol. The molecule has 1 fully saturated rings. The molecule has 1 amide bonds. The molecule has 3 N–H and O–H groups in total. The molecule has 0 aromatic heterocycles. The third-order valence-electron chi connectivity index (χ3n) is 3.16. The number of hydrogen-bond acceptors (Lipinski definition) is 3. The van der Waals surface area contributed by atoms with Crippen LogP contribution in [0.5, 0.6) is 0 Å². The Morgan fingerprint density at radius 1 is 1.50 bits per heavy atom. The largest absolute Gasteiger partial charge is 0.381 e. The lowest BCUT2D eigenvalue weighted by Gasteiger charge is -2.25. The summed E-state index contributed by atoms with van der Waals surface area (Å²) in [5, 5.41) is 2.92. The van der Waals surface area contributed by atoms with Gasteiger partial charge in [0.2, 0.25) is 5.91 Å². The topological polar surface area (TPSA) is 64.4 Å². The Kier molecular flexibility index (Phi) is 6.42. The third-order valence-corrected chi connectivity index (χ3v) is 3.16. The Bertz CT molecular complexity index is 203. The van der Waals surface area contributed by atoms with E-state index >= 15 is 0 Å². The molecule has 0 aromatic carbocycles. The lowest BCUT2D eigenvalue weighted by Crippen LogP contribution is -2.37. The maximum Gasteiger partial charge on any atom is 0.224 e. The fourth-order valence-electron chi connectivity index (χ4n) is 2.09. The minimum Gasteiger partial charge on any atom is -0.381 e. The second kappa shape index (κ2) is 7.63. The van der Waals surface area contributed by atoms with Gasteiger partial charge in [-0.15, -0.1) is 0 Å². The molecule has 0 aliphatic carbocycles. The molecule has 16 heavy (non-hydrogen) atoms. The van der Waals surface area contributed by atoms with E-state index in [1.807, 2.05) is 0 Å². The van der Waals surface area contributed by atoms with Crippen LogP contribution >= 0.6 is 0 Å². The molecule has 4 nitrogen and oxygen atoms in total. The molecule has 1 unspecified atom stereocenters. The number of rotatable bonds is 6. The van der Waals surface area contributed by atoms with Crippen molar-refractivity contribution in [2.24, 2.45) is 17.6 Å². The van der Waals surface area contributed by atoms with Gasteiger partial charge < -0.3 is 15.8 Å².